The van der Waals surface area contributed by atoms with Gasteiger partial charge in [0.2, 0.25) is 6.43 Å². The van der Waals surface area contributed by atoms with Gasteiger partial charge in [-0.2, -0.15) is 0 Å². The molecule has 0 aliphatic carbocycles. The highest BCUT2D eigenvalue weighted by Crippen LogP contribution is 2.31. The number of aryl methyl sites for hydroxylation is 2. The van der Waals surface area contributed by atoms with Crippen molar-refractivity contribution >= 4 is 0 Å². The van der Waals surface area contributed by atoms with Crippen molar-refractivity contribution in [3.05, 3.63) is 83.9 Å². The fourth-order valence-corrected chi connectivity index (χ4v) is 5.51. The molecular weight excluding hydrogens is 482 g/mol. The summed E-state index contributed by atoms with van der Waals surface area (Å²) < 4.78 is 24.4. The standard InChI is InChI=1S/C37H50F2/c1-2-3-4-5-7-11-15-22-34-28-29-35(30-36(34)33-20-16-13-17-21-33)32-26-24-31(25-27-32)19-14-10-8-6-9-12-18-23-37(38)39/h13,16-17,20-21,24-30,37H,2-12,14-15,18-19,22-23H2,1H3. The van der Waals surface area contributed by atoms with Gasteiger partial charge < -0.3 is 0 Å². The van der Waals surface area contributed by atoms with Gasteiger partial charge in [-0.3, -0.25) is 0 Å². The third kappa shape index (κ3) is 12.1. The van der Waals surface area contributed by atoms with E-state index in [1.165, 1.54) is 104 Å². The van der Waals surface area contributed by atoms with Gasteiger partial charge in [-0.25, -0.2) is 8.78 Å². The largest absolute Gasteiger partial charge is 0.238 e. The Balaban J connectivity index is 1.50. The summed E-state index contributed by atoms with van der Waals surface area (Å²) >= 11 is 0. The quantitative estimate of drug-likeness (QED) is 0.127. The average molecular weight is 533 g/mol. The van der Waals surface area contributed by atoms with E-state index in [9.17, 15) is 8.78 Å². The van der Waals surface area contributed by atoms with E-state index >= 15 is 0 Å². The van der Waals surface area contributed by atoms with Gasteiger partial charge in [-0.1, -0.05) is 144 Å². The third-order valence-corrected chi connectivity index (χ3v) is 7.92. The molecule has 212 valence electrons. The molecule has 0 saturated carbocycles. The maximum atomic E-state index is 12.2. The molecule has 0 aliphatic heterocycles. The highest BCUT2D eigenvalue weighted by molar-refractivity contribution is 5.75. The van der Waals surface area contributed by atoms with Crippen molar-refractivity contribution in [2.75, 3.05) is 0 Å². The molecule has 0 heterocycles. The SMILES string of the molecule is CCCCCCCCCc1ccc(-c2ccc(CCCCCCCCCC(F)F)cc2)cc1-c1ccccc1. The first-order valence-electron chi connectivity index (χ1n) is 15.7. The number of rotatable bonds is 20. The van der Waals surface area contributed by atoms with Crippen molar-refractivity contribution in [1.29, 1.82) is 0 Å². The first-order chi connectivity index (χ1) is 19.2. The van der Waals surface area contributed by atoms with Crippen LogP contribution in [0.25, 0.3) is 22.3 Å². The van der Waals surface area contributed by atoms with Crippen molar-refractivity contribution in [2.45, 2.75) is 123 Å². The number of alkyl halides is 2. The molecule has 39 heavy (non-hydrogen) atoms. The Morgan fingerprint density at radius 2 is 1.08 bits per heavy atom. The van der Waals surface area contributed by atoms with Gasteiger partial charge >= 0.3 is 0 Å². The molecule has 3 rings (SSSR count). The first kappa shape index (κ1) is 31.1. The van der Waals surface area contributed by atoms with Crippen LogP contribution in [0.3, 0.4) is 0 Å². The smallest absolute Gasteiger partial charge is 0.211 e. The summed E-state index contributed by atoms with van der Waals surface area (Å²) in [5, 5.41) is 0. The first-order valence-corrected chi connectivity index (χ1v) is 15.7. The number of halogens is 2. The molecule has 3 aromatic carbocycles. The summed E-state index contributed by atoms with van der Waals surface area (Å²) in [5.41, 5.74) is 8.11. The lowest BCUT2D eigenvalue weighted by atomic mass is 9.91. The molecule has 0 aromatic heterocycles. The Hall–Kier alpha value is -2.48. The molecule has 0 aliphatic rings. The van der Waals surface area contributed by atoms with Gasteiger partial charge in [0, 0.05) is 6.42 Å². The molecule has 3 aromatic rings. The summed E-state index contributed by atoms with van der Waals surface area (Å²) in [4.78, 5) is 0. The molecule has 2 heteroatoms. The Kier molecular flexibility index (Phi) is 14.9. The maximum absolute atomic E-state index is 12.2. The molecule has 0 N–H and O–H groups in total. The van der Waals surface area contributed by atoms with Gasteiger partial charge in [0.05, 0.1) is 0 Å². The van der Waals surface area contributed by atoms with E-state index in [-0.39, 0.29) is 6.42 Å². The Morgan fingerprint density at radius 1 is 0.513 bits per heavy atom. The average Bonchev–Trinajstić information content (AvgIpc) is 2.96. The van der Waals surface area contributed by atoms with E-state index < -0.39 is 6.43 Å². The molecule has 0 atom stereocenters. The van der Waals surface area contributed by atoms with E-state index in [1.54, 1.807) is 0 Å². The lowest BCUT2D eigenvalue weighted by Crippen LogP contribution is -1.93. The molecule has 0 saturated heterocycles. The van der Waals surface area contributed by atoms with E-state index in [0.29, 0.717) is 6.42 Å². The van der Waals surface area contributed by atoms with Crippen molar-refractivity contribution < 1.29 is 8.78 Å². The summed E-state index contributed by atoms with van der Waals surface area (Å²) in [7, 11) is 0. The zero-order valence-electron chi connectivity index (χ0n) is 24.3. The number of hydrogen-bond acceptors (Lipinski definition) is 0. The topological polar surface area (TPSA) is 0 Å². The summed E-state index contributed by atoms with van der Waals surface area (Å²) in [6, 6.07) is 27.0. The lowest BCUT2D eigenvalue weighted by molar-refractivity contribution is 0.133. The normalized spacial score (nSPS) is 11.4. The Morgan fingerprint density at radius 3 is 1.72 bits per heavy atom. The van der Waals surface area contributed by atoms with Crippen LogP contribution in [0.15, 0.2) is 72.8 Å². The Labute approximate surface area is 237 Å². The second kappa shape index (κ2) is 18.7. The minimum atomic E-state index is -2.14. The van der Waals surface area contributed by atoms with E-state index in [1.807, 2.05) is 0 Å². The van der Waals surface area contributed by atoms with Crippen LogP contribution in [0.4, 0.5) is 8.78 Å². The molecular formula is C37H50F2. The van der Waals surface area contributed by atoms with Crippen LogP contribution in [0.5, 0.6) is 0 Å². The minimum Gasteiger partial charge on any atom is -0.211 e. The van der Waals surface area contributed by atoms with Gasteiger partial charge in [0.25, 0.3) is 0 Å². The molecule has 0 fully saturated rings. The fourth-order valence-electron chi connectivity index (χ4n) is 5.51. The number of unbranched alkanes of at least 4 members (excludes halogenated alkanes) is 12. The predicted octanol–water partition coefficient (Wildman–Crippen LogP) is 12.2. The number of benzene rings is 3. The Bertz CT molecular complexity index is 1020. The molecule has 0 unspecified atom stereocenters. The van der Waals surface area contributed by atoms with E-state index in [2.05, 4.69) is 79.7 Å². The summed E-state index contributed by atoms with van der Waals surface area (Å²) in [6.07, 6.45) is 17.0. The van der Waals surface area contributed by atoms with E-state index in [0.717, 1.165) is 25.7 Å². The zero-order chi connectivity index (χ0) is 27.5. The van der Waals surface area contributed by atoms with Crippen molar-refractivity contribution in [1.82, 2.24) is 0 Å². The van der Waals surface area contributed by atoms with Crippen LogP contribution < -0.4 is 0 Å². The molecule has 0 spiro atoms. The molecule has 0 radical (unpaired) electrons. The summed E-state index contributed by atoms with van der Waals surface area (Å²) in [5.74, 6) is 0. The van der Waals surface area contributed by atoms with Gasteiger partial charge in [0.15, 0.2) is 0 Å². The second-order valence-corrected chi connectivity index (χ2v) is 11.2. The summed E-state index contributed by atoms with van der Waals surface area (Å²) in [6.45, 7) is 2.28. The lowest BCUT2D eigenvalue weighted by Gasteiger charge is -2.13. The van der Waals surface area contributed by atoms with Crippen LogP contribution in [0, 0.1) is 0 Å². The third-order valence-electron chi connectivity index (χ3n) is 7.92. The number of hydrogen-bond donors (Lipinski definition) is 0. The zero-order valence-corrected chi connectivity index (χ0v) is 24.3. The van der Waals surface area contributed by atoms with Crippen molar-refractivity contribution in [3.63, 3.8) is 0 Å². The maximum Gasteiger partial charge on any atom is 0.238 e. The van der Waals surface area contributed by atoms with Gasteiger partial charge in [-0.15, -0.1) is 0 Å². The van der Waals surface area contributed by atoms with Crippen LogP contribution >= 0.6 is 0 Å². The molecule has 0 amide bonds. The highest BCUT2D eigenvalue weighted by atomic mass is 19.3. The monoisotopic (exact) mass is 532 g/mol. The second-order valence-electron chi connectivity index (χ2n) is 11.2. The minimum absolute atomic E-state index is 0.0625. The van der Waals surface area contributed by atoms with Gasteiger partial charge in [0.1, 0.15) is 0 Å². The van der Waals surface area contributed by atoms with Crippen LogP contribution in [0.2, 0.25) is 0 Å². The van der Waals surface area contributed by atoms with Crippen LogP contribution in [-0.2, 0) is 12.8 Å². The predicted molar refractivity (Wildman–Crippen MR) is 166 cm³/mol. The van der Waals surface area contributed by atoms with Crippen molar-refractivity contribution in [3.8, 4) is 22.3 Å². The highest BCUT2D eigenvalue weighted by Gasteiger charge is 2.09. The van der Waals surface area contributed by atoms with Crippen LogP contribution in [0.1, 0.15) is 114 Å². The van der Waals surface area contributed by atoms with Crippen molar-refractivity contribution in [2.24, 2.45) is 0 Å². The van der Waals surface area contributed by atoms with Gasteiger partial charge in [-0.05, 0) is 71.6 Å². The fraction of sp³-hybridized carbons (Fsp3) is 0.514. The van der Waals surface area contributed by atoms with Crippen LogP contribution in [-0.4, -0.2) is 6.43 Å². The molecule has 0 nitrogen and oxygen atoms in total. The van der Waals surface area contributed by atoms with E-state index in [4.69, 9.17) is 0 Å². The molecule has 0 bridgehead atoms.